The van der Waals surface area contributed by atoms with Gasteiger partial charge in [0.2, 0.25) is 5.91 Å². The number of halogens is 1. The van der Waals surface area contributed by atoms with Gasteiger partial charge in [-0.05, 0) is 24.6 Å². The van der Waals surface area contributed by atoms with Crippen molar-refractivity contribution in [2.75, 3.05) is 26.9 Å². The molecule has 0 unspecified atom stereocenters. The van der Waals surface area contributed by atoms with E-state index in [0.29, 0.717) is 13.2 Å². The number of rotatable bonds is 7. The Labute approximate surface area is 116 Å². The molecule has 0 aromatic heterocycles. The molecule has 0 heterocycles. The second-order valence-electron chi connectivity index (χ2n) is 3.89. The second kappa shape index (κ2) is 8.24. The fraction of sp³-hybridized carbons (Fsp3) is 0.462. The molecule has 1 N–H and O–H groups in total. The minimum Gasteiger partial charge on any atom is -0.382 e. The Hall–Kier alpha value is -0.910. The summed E-state index contributed by atoms with van der Waals surface area (Å²) in [6.45, 7) is 2.92. The van der Waals surface area contributed by atoms with Crippen LogP contribution in [-0.4, -0.2) is 32.8 Å². The molecule has 0 saturated carbocycles. The fourth-order valence-electron chi connectivity index (χ4n) is 1.43. The van der Waals surface area contributed by atoms with Gasteiger partial charge in [0, 0.05) is 11.6 Å². The molecule has 0 aliphatic rings. The van der Waals surface area contributed by atoms with Gasteiger partial charge < -0.3 is 14.8 Å². The van der Waals surface area contributed by atoms with E-state index in [9.17, 15) is 4.79 Å². The maximum Gasteiger partial charge on any atom is 0.246 e. The van der Waals surface area contributed by atoms with Gasteiger partial charge >= 0.3 is 0 Å². The zero-order chi connectivity index (χ0) is 13.4. The van der Waals surface area contributed by atoms with Crippen LogP contribution in [0.1, 0.15) is 18.5 Å². The van der Waals surface area contributed by atoms with Crippen LogP contribution in [0, 0.1) is 0 Å². The van der Waals surface area contributed by atoms with Crippen LogP contribution in [0.25, 0.3) is 0 Å². The molecular weight excluding hydrogens is 298 g/mol. The lowest BCUT2D eigenvalue weighted by Gasteiger charge is -2.14. The average Bonchev–Trinajstić information content (AvgIpc) is 2.35. The fourth-order valence-corrected chi connectivity index (χ4v) is 1.69. The summed E-state index contributed by atoms with van der Waals surface area (Å²) in [5.41, 5.74) is 1.06. The third-order valence-electron chi connectivity index (χ3n) is 2.41. The largest absolute Gasteiger partial charge is 0.382 e. The predicted octanol–water partition coefficient (Wildman–Crippen LogP) is 2.29. The molecule has 1 atom stereocenters. The molecule has 0 aliphatic carbocycles. The maximum atomic E-state index is 11.6. The molecule has 0 saturated heterocycles. The maximum absolute atomic E-state index is 11.6. The van der Waals surface area contributed by atoms with Crippen LogP contribution >= 0.6 is 15.9 Å². The van der Waals surface area contributed by atoms with Crippen molar-refractivity contribution >= 4 is 21.8 Å². The van der Waals surface area contributed by atoms with Gasteiger partial charge in [-0.25, -0.2) is 0 Å². The van der Waals surface area contributed by atoms with Crippen LogP contribution in [0.15, 0.2) is 28.7 Å². The van der Waals surface area contributed by atoms with E-state index in [1.807, 2.05) is 31.2 Å². The topological polar surface area (TPSA) is 47.6 Å². The first kappa shape index (κ1) is 15.1. The van der Waals surface area contributed by atoms with Crippen molar-refractivity contribution in [3.8, 4) is 0 Å². The third kappa shape index (κ3) is 5.62. The Kier molecular flexibility index (Phi) is 6.93. The molecule has 0 spiro atoms. The summed E-state index contributed by atoms with van der Waals surface area (Å²) in [5, 5.41) is 2.87. The average molecular weight is 316 g/mol. The molecule has 1 amide bonds. The quantitative estimate of drug-likeness (QED) is 0.785. The standard InChI is InChI=1S/C13H18BrNO3/c1-10(11-3-5-12(14)6-4-11)15-13(16)9-18-8-7-17-2/h3-6,10H,7-9H2,1-2H3,(H,15,16)/t10-/m0/s1. The van der Waals surface area contributed by atoms with Gasteiger partial charge in [0.15, 0.2) is 0 Å². The zero-order valence-electron chi connectivity index (χ0n) is 10.6. The molecule has 0 fully saturated rings. The molecule has 100 valence electrons. The number of hydrogen-bond donors (Lipinski definition) is 1. The van der Waals surface area contributed by atoms with Crippen LogP contribution in [-0.2, 0) is 14.3 Å². The number of nitrogens with one attached hydrogen (secondary N) is 1. The number of benzene rings is 1. The van der Waals surface area contributed by atoms with Crippen LogP contribution in [0.3, 0.4) is 0 Å². The summed E-state index contributed by atoms with van der Waals surface area (Å²) < 4.78 is 11.0. The highest BCUT2D eigenvalue weighted by Crippen LogP contribution is 2.16. The number of methoxy groups -OCH3 is 1. The van der Waals surface area contributed by atoms with E-state index in [2.05, 4.69) is 21.2 Å². The highest BCUT2D eigenvalue weighted by atomic mass is 79.9. The Bertz CT molecular complexity index is 367. The Balaban J connectivity index is 2.33. The van der Waals surface area contributed by atoms with Gasteiger partial charge in [0.25, 0.3) is 0 Å². The van der Waals surface area contributed by atoms with E-state index in [-0.39, 0.29) is 18.6 Å². The summed E-state index contributed by atoms with van der Waals surface area (Å²) >= 11 is 3.38. The number of carbonyl (C=O) groups is 1. The van der Waals surface area contributed by atoms with E-state index in [4.69, 9.17) is 9.47 Å². The molecule has 0 aliphatic heterocycles. The SMILES string of the molecule is COCCOCC(=O)N[C@@H](C)c1ccc(Br)cc1. The van der Waals surface area contributed by atoms with Crippen LogP contribution in [0.5, 0.6) is 0 Å². The molecule has 1 aromatic carbocycles. The van der Waals surface area contributed by atoms with Crippen molar-refractivity contribution in [1.29, 1.82) is 0 Å². The lowest BCUT2D eigenvalue weighted by Crippen LogP contribution is -2.30. The third-order valence-corrected chi connectivity index (χ3v) is 2.94. The monoisotopic (exact) mass is 315 g/mol. The summed E-state index contributed by atoms with van der Waals surface area (Å²) in [7, 11) is 1.60. The Morgan fingerprint density at radius 3 is 2.61 bits per heavy atom. The molecular formula is C13H18BrNO3. The van der Waals surface area contributed by atoms with Gasteiger partial charge in [-0.1, -0.05) is 28.1 Å². The normalized spacial score (nSPS) is 12.2. The van der Waals surface area contributed by atoms with Crippen LogP contribution < -0.4 is 5.32 Å². The lowest BCUT2D eigenvalue weighted by atomic mass is 10.1. The van der Waals surface area contributed by atoms with Gasteiger partial charge in [-0.15, -0.1) is 0 Å². The molecule has 1 rings (SSSR count). The van der Waals surface area contributed by atoms with E-state index in [0.717, 1.165) is 10.0 Å². The van der Waals surface area contributed by atoms with Gasteiger partial charge in [0.05, 0.1) is 19.3 Å². The highest BCUT2D eigenvalue weighted by molar-refractivity contribution is 9.10. The smallest absolute Gasteiger partial charge is 0.246 e. The summed E-state index contributed by atoms with van der Waals surface area (Å²) in [5.74, 6) is -0.124. The molecule has 18 heavy (non-hydrogen) atoms. The van der Waals surface area contributed by atoms with E-state index in [1.54, 1.807) is 7.11 Å². The van der Waals surface area contributed by atoms with Crippen molar-refractivity contribution in [1.82, 2.24) is 5.32 Å². The van der Waals surface area contributed by atoms with Crippen molar-refractivity contribution in [2.24, 2.45) is 0 Å². The van der Waals surface area contributed by atoms with Crippen LogP contribution in [0.4, 0.5) is 0 Å². The van der Waals surface area contributed by atoms with Crippen molar-refractivity contribution in [3.63, 3.8) is 0 Å². The van der Waals surface area contributed by atoms with E-state index >= 15 is 0 Å². The number of amides is 1. The molecule has 0 radical (unpaired) electrons. The Morgan fingerprint density at radius 1 is 1.33 bits per heavy atom. The van der Waals surface area contributed by atoms with Crippen molar-refractivity contribution in [3.05, 3.63) is 34.3 Å². The molecule has 5 heteroatoms. The lowest BCUT2D eigenvalue weighted by molar-refractivity contribution is -0.126. The summed E-state index contributed by atoms with van der Waals surface area (Å²) in [6, 6.07) is 7.82. The molecule has 4 nitrogen and oxygen atoms in total. The van der Waals surface area contributed by atoms with Crippen molar-refractivity contribution in [2.45, 2.75) is 13.0 Å². The summed E-state index contributed by atoms with van der Waals surface area (Å²) in [4.78, 5) is 11.6. The number of carbonyl (C=O) groups excluding carboxylic acids is 1. The minimum atomic E-state index is -0.124. The van der Waals surface area contributed by atoms with Gasteiger partial charge in [-0.2, -0.15) is 0 Å². The zero-order valence-corrected chi connectivity index (χ0v) is 12.2. The first-order chi connectivity index (χ1) is 8.63. The van der Waals surface area contributed by atoms with Gasteiger partial charge in [-0.3, -0.25) is 4.79 Å². The van der Waals surface area contributed by atoms with Gasteiger partial charge in [0.1, 0.15) is 6.61 Å². The first-order valence-corrected chi connectivity index (χ1v) is 6.54. The first-order valence-electron chi connectivity index (χ1n) is 5.75. The number of hydrogen-bond acceptors (Lipinski definition) is 3. The minimum absolute atomic E-state index is 0.0309. The highest BCUT2D eigenvalue weighted by Gasteiger charge is 2.09. The van der Waals surface area contributed by atoms with E-state index in [1.165, 1.54) is 0 Å². The van der Waals surface area contributed by atoms with E-state index < -0.39 is 0 Å². The van der Waals surface area contributed by atoms with Crippen molar-refractivity contribution < 1.29 is 14.3 Å². The molecule has 1 aromatic rings. The predicted molar refractivity (Wildman–Crippen MR) is 73.4 cm³/mol. The van der Waals surface area contributed by atoms with Crippen LogP contribution in [0.2, 0.25) is 0 Å². The second-order valence-corrected chi connectivity index (χ2v) is 4.80. The summed E-state index contributed by atoms with van der Waals surface area (Å²) in [6.07, 6.45) is 0. The Morgan fingerprint density at radius 2 is 2.00 bits per heavy atom. The number of ether oxygens (including phenoxy) is 2. The molecule has 0 bridgehead atoms.